The third-order valence-electron chi connectivity index (χ3n) is 1.95. The summed E-state index contributed by atoms with van der Waals surface area (Å²) in [6.45, 7) is -0.848. The quantitative estimate of drug-likeness (QED) is 0.548. The minimum Gasteiger partial charge on any atom is -0.479 e. The van der Waals surface area contributed by atoms with E-state index in [4.69, 9.17) is 5.11 Å². The molecule has 104 valence electrons. The molecule has 0 aliphatic carbocycles. The van der Waals surface area contributed by atoms with Gasteiger partial charge in [0.15, 0.2) is 6.61 Å². The molecule has 0 aromatic heterocycles. The van der Waals surface area contributed by atoms with Crippen LogP contribution < -0.4 is 4.89 Å². The lowest BCUT2D eigenvalue weighted by Gasteiger charge is -2.09. The molecule has 8 nitrogen and oxygen atoms in total. The Labute approximate surface area is 109 Å². The van der Waals surface area contributed by atoms with Crippen LogP contribution >= 0.6 is 0 Å². The Hall–Kier alpha value is -1.97. The maximum atomic E-state index is 11.8. The zero-order chi connectivity index (χ0) is 14.5. The number of aliphatic carboxylic acids is 1. The number of hydrogen-bond acceptors (Lipinski definition) is 6. The normalized spacial score (nSPS) is 11.0. The van der Waals surface area contributed by atoms with Gasteiger partial charge >= 0.3 is 11.9 Å². The fourth-order valence-electron chi connectivity index (χ4n) is 1.19. The Morgan fingerprint density at radius 3 is 2.53 bits per heavy atom. The van der Waals surface area contributed by atoms with Crippen LogP contribution in [-0.2, 0) is 24.4 Å². The summed E-state index contributed by atoms with van der Waals surface area (Å²) in [5.41, 5.74) is -0.184. The molecule has 19 heavy (non-hydrogen) atoms. The maximum absolute atomic E-state index is 11.8. The van der Waals surface area contributed by atoms with Crippen LogP contribution in [0, 0.1) is 0 Å². The van der Waals surface area contributed by atoms with Crippen molar-refractivity contribution < 1.29 is 32.7 Å². The van der Waals surface area contributed by atoms with E-state index in [-0.39, 0.29) is 10.5 Å². The second kappa shape index (κ2) is 6.27. The summed E-state index contributed by atoms with van der Waals surface area (Å²) < 4.78 is 28.1. The maximum Gasteiger partial charge on any atom is 0.339 e. The Kier molecular flexibility index (Phi) is 4.98. The highest BCUT2D eigenvalue weighted by Crippen LogP contribution is 2.16. The number of carboxylic acid groups (broad SMARTS) is 1. The fraction of sp³-hybridized carbons (Fsp3) is 0.200. The summed E-state index contributed by atoms with van der Waals surface area (Å²) in [6.07, 6.45) is 0. The van der Waals surface area contributed by atoms with Gasteiger partial charge in [-0.2, -0.15) is 0 Å². The molecule has 0 atom stereocenters. The molecule has 0 amide bonds. The number of hydrogen-bond donors (Lipinski definition) is 2. The van der Waals surface area contributed by atoms with Crippen molar-refractivity contribution in [3.05, 3.63) is 29.8 Å². The molecule has 0 aliphatic rings. The van der Waals surface area contributed by atoms with Gasteiger partial charge < -0.3 is 9.84 Å². The van der Waals surface area contributed by atoms with Crippen molar-refractivity contribution in [3.63, 3.8) is 0 Å². The molecule has 0 bridgehead atoms. The summed E-state index contributed by atoms with van der Waals surface area (Å²) in [5, 5.41) is 8.33. The Balaban J connectivity index is 3.01. The third-order valence-corrected chi connectivity index (χ3v) is 3.22. The van der Waals surface area contributed by atoms with Gasteiger partial charge in [-0.25, -0.2) is 18.0 Å². The molecule has 0 aliphatic heterocycles. The van der Waals surface area contributed by atoms with Crippen molar-refractivity contribution in [2.45, 2.75) is 4.90 Å². The molecular formula is C10H11NO7S. The van der Waals surface area contributed by atoms with E-state index in [0.717, 1.165) is 7.11 Å². The van der Waals surface area contributed by atoms with E-state index in [0.29, 0.717) is 0 Å². The van der Waals surface area contributed by atoms with E-state index < -0.39 is 28.6 Å². The van der Waals surface area contributed by atoms with E-state index in [2.05, 4.69) is 9.57 Å². The van der Waals surface area contributed by atoms with Gasteiger partial charge in [0.2, 0.25) is 0 Å². The van der Waals surface area contributed by atoms with Gasteiger partial charge in [-0.1, -0.05) is 17.0 Å². The van der Waals surface area contributed by atoms with Crippen LogP contribution in [0.4, 0.5) is 0 Å². The highest BCUT2D eigenvalue weighted by Gasteiger charge is 2.22. The van der Waals surface area contributed by atoms with Crippen LogP contribution in [0.15, 0.2) is 29.2 Å². The van der Waals surface area contributed by atoms with E-state index in [1.807, 2.05) is 0 Å². The molecule has 0 saturated carbocycles. The van der Waals surface area contributed by atoms with Crippen molar-refractivity contribution in [2.75, 3.05) is 13.7 Å². The number of esters is 1. The van der Waals surface area contributed by atoms with Crippen LogP contribution in [0.2, 0.25) is 0 Å². The van der Waals surface area contributed by atoms with Crippen LogP contribution in [0.1, 0.15) is 10.4 Å². The summed E-state index contributed by atoms with van der Waals surface area (Å²) in [4.78, 5) is 27.2. The topological polar surface area (TPSA) is 119 Å². The Morgan fingerprint density at radius 1 is 1.32 bits per heavy atom. The van der Waals surface area contributed by atoms with E-state index in [1.54, 1.807) is 4.89 Å². The van der Waals surface area contributed by atoms with Gasteiger partial charge in [0.05, 0.1) is 17.6 Å². The standard InChI is InChI=1S/C10H11NO7S/c1-17-10(14)7-4-2-3-5-8(7)19(15,16)11-18-6-9(12)13/h2-5,11H,6H2,1H3,(H,12,13). The first-order chi connectivity index (χ1) is 8.88. The molecule has 1 rings (SSSR count). The van der Waals surface area contributed by atoms with Crippen molar-refractivity contribution in [2.24, 2.45) is 0 Å². The number of nitrogens with one attached hydrogen (secondary N) is 1. The second-order valence-electron chi connectivity index (χ2n) is 3.26. The average molecular weight is 289 g/mol. The lowest BCUT2D eigenvalue weighted by molar-refractivity contribution is -0.143. The monoisotopic (exact) mass is 289 g/mol. The molecule has 0 radical (unpaired) electrons. The van der Waals surface area contributed by atoms with Gasteiger partial charge in [-0.05, 0) is 12.1 Å². The fourth-order valence-corrected chi connectivity index (χ4v) is 2.20. The summed E-state index contributed by atoms with van der Waals surface area (Å²) in [6, 6.07) is 5.29. The first kappa shape index (κ1) is 15.1. The lowest BCUT2D eigenvalue weighted by Crippen LogP contribution is -2.28. The number of sulfonamides is 1. The van der Waals surface area contributed by atoms with E-state index in [9.17, 15) is 18.0 Å². The minimum atomic E-state index is -4.18. The minimum absolute atomic E-state index is 0.184. The molecule has 0 heterocycles. The SMILES string of the molecule is COC(=O)c1ccccc1S(=O)(=O)NOCC(=O)O. The molecule has 1 aromatic carbocycles. The van der Waals surface area contributed by atoms with Crippen molar-refractivity contribution in [3.8, 4) is 0 Å². The number of rotatable bonds is 6. The van der Waals surface area contributed by atoms with Gasteiger partial charge in [0.25, 0.3) is 10.0 Å². The molecule has 9 heteroatoms. The molecule has 0 fully saturated rings. The van der Waals surface area contributed by atoms with Crippen LogP contribution in [-0.4, -0.2) is 39.2 Å². The van der Waals surface area contributed by atoms with E-state index >= 15 is 0 Å². The first-order valence-electron chi connectivity index (χ1n) is 4.91. The predicted molar refractivity (Wildman–Crippen MR) is 61.7 cm³/mol. The third kappa shape index (κ3) is 4.02. The van der Waals surface area contributed by atoms with Crippen LogP contribution in [0.3, 0.4) is 0 Å². The van der Waals surface area contributed by atoms with Crippen LogP contribution in [0.5, 0.6) is 0 Å². The van der Waals surface area contributed by atoms with Crippen molar-refractivity contribution in [1.82, 2.24) is 4.89 Å². The second-order valence-corrected chi connectivity index (χ2v) is 4.87. The first-order valence-corrected chi connectivity index (χ1v) is 6.39. The number of ether oxygens (including phenoxy) is 1. The van der Waals surface area contributed by atoms with Gasteiger partial charge in [0, 0.05) is 0 Å². The van der Waals surface area contributed by atoms with Gasteiger partial charge in [-0.15, -0.1) is 0 Å². The lowest BCUT2D eigenvalue weighted by atomic mass is 10.2. The smallest absolute Gasteiger partial charge is 0.339 e. The highest BCUT2D eigenvalue weighted by atomic mass is 32.2. The number of carbonyl (C=O) groups is 2. The highest BCUT2D eigenvalue weighted by molar-refractivity contribution is 7.89. The Morgan fingerprint density at radius 2 is 1.95 bits per heavy atom. The summed E-state index contributed by atoms with van der Waals surface area (Å²) in [7, 11) is -3.07. The molecule has 0 saturated heterocycles. The molecule has 0 spiro atoms. The zero-order valence-corrected chi connectivity index (χ0v) is 10.6. The number of benzene rings is 1. The largest absolute Gasteiger partial charge is 0.479 e. The van der Waals surface area contributed by atoms with Crippen molar-refractivity contribution >= 4 is 22.0 Å². The predicted octanol–water partition coefficient (Wildman–Crippen LogP) is -0.232. The average Bonchev–Trinajstić information content (AvgIpc) is 2.37. The van der Waals surface area contributed by atoms with Gasteiger partial charge in [0.1, 0.15) is 0 Å². The van der Waals surface area contributed by atoms with Crippen molar-refractivity contribution in [1.29, 1.82) is 0 Å². The number of carboxylic acids is 1. The molecule has 1 aromatic rings. The number of carbonyl (C=O) groups excluding carboxylic acids is 1. The van der Waals surface area contributed by atoms with Crippen LogP contribution in [0.25, 0.3) is 0 Å². The van der Waals surface area contributed by atoms with E-state index in [1.165, 1.54) is 24.3 Å². The summed E-state index contributed by atoms with van der Waals surface area (Å²) >= 11 is 0. The summed E-state index contributed by atoms with van der Waals surface area (Å²) in [5.74, 6) is -2.18. The molecule has 2 N–H and O–H groups in total. The molecule has 0 unspecified atom stereocenters. The van der Waals surface area contributed by atoms with Gasteiger partial charge in [-0.3, -0.25) is 4.84 Å². The number of methoxy groups -OCH3 is 1. The molecular weight excluding hydrogens is 278 g/mol. The Bertz CT molecular complexity index is 581. The zero-order valence-electron chi connectivity index (χ0n) is 9.82.